The smallest absolute Gasteiger partial charge is 0.255 e. The maximum atomic E-state index is 11.8. The second-order valence-corrected chi connectivity index (χ2v) is 5.31. The van der Waals surface area contributed by atoms with E-state index in [1.54, 1.807) is 17.4 Å². The molecule has 1 amide bonds. The highest BCUT2D eigenvalue weighted by Crippen LogP contribution is 2.18. The normalized spacial score (nSPS) is 15.3. The third-order valence-corrected chi connectivity index (χ3v) is 2.60. The van der Waals surface area contributed by atoms with Gasteiger partial charge < -0.3 is 10.6 Å². The summed E-state index contributed by atoms with van der Waals surface area (Å²) in [7, 11) is 0. The van der Waals surface area contributed by atoms with E-state index in [0.29, 0.717) is 12.1 Å². The van der Waals surface area contributed by atoms with E-state index in [9.17, 15) is 4.79 Å². The Morgan fingerprint density at radius 1 is 1.44 bits per heavy atom. The molecule has 0 saturated carbocycles. The van der Waals surface area contributed by atoms with Gasteiger partial charge in [-0.15, -0.1) is 0 Å². The number of carbonyl (C=O) groups excluding carboxylic acids is 1. The first-order valence-corrected chi connectivity index (χ1v) is 6.49. The molecule has 0 spiro atoms. The molecule has 0 unspecified atom stereocenters. The van der Waals surface area contributed by atoms with Crippen LogP contribution in [-0.2, 0) is 4.79 Å². The molecule has 1 radical (unpaired) electrons. The van der Waals surface area contributed by atoms with Gasteiger partial charge in [-0.05, 0) is 24.6 Å². The highest BCUT2D eigenvalue weighted by Gasteiger charge is 2.31. The molecule has 1 aliphatic heterocycles. The Morgan fingerprint density at radius 2 is 2.17 bits per heavy atom. The lowest BCUT2D eigenvalue weighted by Gasteiger charge is -2.08. The molecule has 0 fully saturated rings. The number of hydrogen-bond donors (Lipinski definition) is 2. The molecule has 105 valence electrons. The van der Waals surface area contributed by atoms with Crippen molar-refractivity contribution in [2.45, 2.75) is 39.7 Å². The predicted octanol–water partition coefficient (Wildman–Crippen LogP) is 1.92. The predicted molar refractivity (Wildman–Crippen MR) is 75.2 cm³/mol. The summed E-state index contributed by atoms with van der Waals surface area (Å²) >= 11 is 0. The number of carbonyl (C=O) groups is 1. The third kappa shape index (κ3) is 4.56. The summed E-state index contributed by atoms with van der Waals surface area (Å²) in [5, 5.41) is 10.3. The quantitative estimate of drug-likeness (QED) is 0.563. The minimum absolute atomic E-state index is 0. The summed E-state index contributed by atoms with van der Waals surface area (Å²) < 4.78 is 1.81. The molecular formula is C13H28N4O+. The van der Waals surface area contributed by atoms with Crippen LogP contribution < -0.4 is 10.6 Å². The first-order chi connectivity index (χ1) is 8.45. The Morgan fingerprint density at radius 3 is 2.72 bits per heavy atom. The number of azo groups is 2. The van der Waals surface area contributed by atoms with E-state index in [2.05, 4.69) is 43.4 Å². The van der Waals surface area contributed by atoms with Gasteiger partial charge >= 0.3 is 0 Å². The number of nitrogens with one attached hydrogen (secondary N) is 2. The molecule has 0 saturated heterocycles. The zero-order valence-electron chi connectivity index (χ0n) is 11.8. The minimum Gasteiger partial charge on any atom is -0.352 e. The lowest BCUT2D eigenvalue weighted by atomic mass is 10.1. The van der Waals surface area contributed by atoms with Crippen LogP contribution in [0.1, 0.15) is 37.0 Å². The Labute approximate surface area is 112 Å². The van der Waals surface area contributed by atoms with Gasteiger partial charge in [0.25, 0.3) is 5.91 Å². The molecule has 18 heavy (non-hydrogen) atoms. The van der Waals surface area contributed by atoms with Crippen molar-refractivity contribution in [3.05, 3.63) is 18.3 Å². The molecular weight excluding hydrogens is 228 g/mol. The fourth-order valence-corrected chi connectivity index (χ4v) is 1.50. The summed E-state index contributed by atoms with van der Waals surface area (Å²) in [6, 6.07) is 0. The molecule has 0 atom stereocenters. The van der Waals surface area contributed by atoms with Crippen molar-refractivity contribution in [2.75, 3.05) is 19.6 Å². The van der Waals surface area contributed by atoms with Crippen LogP contribution in [0.15, 0.2) is 16.9 Å². The minimum atomic E-state index is -0.0937. The average molecular weight is 256 g/mol. The van der Waals surface area contributed by atoms with E-state index in [-0.39, 0.29) is 14.3 Å². The van der Waals surface area contributed by atoms with E-state index in [1.165, 1.54) is 0 Å². The summed E-state index contributed by atoms with van der Waals surface area (Å²) in [6.07, 6.45) is 2.73. The molecule has 5 nitrogen and oxygen atoms in total. The number of amides is 1. The molecule has 2 N–H and O–H groups in total. The number of hydrogen-bond acceptors (Lipinski definition) is 3. The van der Waals surface area contributed by atoms with E-state index >= 15 is 0 Å². The molecule has 0 aromatic heterocycles. The SMILES string of the molecule is CCNCCCNC(=O)C1=C[N+](C(C)(C)C)=N[CH]1.[HH].[HH]. The Hall–Kier alpha value is -1.23. The van der Waals surface area contributed by atoms with Crippen molar-refractivity contribution in [1.29, 1.82) is 0 Å². The second kappa shape index (κ2) is 6.64. The van der Waals surface area contributed by atoms with Crippen LogP contribution in [-0.4, -0.2) is 35.8 Å². The van der Waals surface area contributed by atoms with Crippen molar-refractivity contribution in [3.8, 4) is 0 Å². The van der Waals surface area contributed by atoms with Crippen molar-refractivity contribution in [2.24, 2.45) is 5.11 Å². The number of nitrogens with zero attached hydrogens (tertiary/aromatic N) is 2. The van der Waals surface area contributed by atoms with Crippen molar-refractivity contribution < 1.29 is 12.3 Å². The van der Waals surface area contributed by atoms with Crippen molar-refractivity contribution in [1.82, 2.24) is 10.6 Å². The zero-order chi connectivity index (χ0) is 13.6. The molecule has 1 heterocycles. The van der Waals surface area contributed by atoms with Gasteiger partial charge in [-0.25, -0.2) is 0 Å². The Bertz CT molecular complexity index is 362. The molecule has 5 heteroatoms. The topological polar surface area (TPSA) is 56.5 Å². The van der Waals surface area contributed by atoms with Crippen LogP contribution >= 0.6 is 0 Å². The van der Waals surface area contributed by atoms with E-state index in [1.807, 2.05) is 0 Å². The molecule has 1 aliphatic rings. The summed E-state index contributed by atoms with van der Waals surface area (Å²) in [5.74, 6) is -0.0537. The van der Waals surface area contributed by atoms with Gasteiger partial charge in [-0.1, -0.05) is 11.6 Å². The molecule has 0 aromatic carbocycles. The van der Waals surface area contributed by atoms with Crippen LogP contribution in [0.3, 0.4) is 0 Å². The maximum absolute atomic E-state index is 11.8. The Kier molecular flexibility index (Phi) is 5.47. The average Bonchev–Trinajstić information content (AvgIpc) is 2.77. The van der Waals surface area contributed by atoms with Crippen LogP contribution in [0.4, 0.5) is 0 Å². The fourth-order valence-electron chi connectivity index (χ4n) is 1.50. The summed E-state index contributed by atoms with van der Waals surface area (Å²) in [6.45, 7) is 12.4. The fraction of sp³-hybridized carbons (Fsp3) is 0.692. The van der Waals surface area contributed by atoms with Gasteiger partial charge in [-0.3, -0.25) is 4.79 Å². The molecule has 0 bridgehead atoms. The first kappa shape index (κ1) is 14.8. The highest BCUT2D eigenvalue weighted by molar-refractivity contribution is 5.95. The van der Waals surface area contributed by atoms with Gasteiger partial charge in [0.1, 0.15) is 5.57 Å². The largest absolute Gasteiger partial charge is 0.352 e. The summed E-state index contributed by atoms with van der Waals surface area (Å²) in [5.41, 5.74) is 0.525. The van der Waals surface area contributed by atoms with Crippen LogP contribution in [0, 0.1) is 6.54 Å². The van der Waals surface area contributed by atoms with Gasteiger partial charge in [0.2, 0.25) is 6.20 Å². The Balaban J connectivity index is 0. The van der Waals surface area contributed by atoms with Crippen molar-refractivity contribution >= 4 is 5.91 Å². The zero-order valence-corrected chi connectivity index (χ0v) is 11.8. The van der Waals surface area contributed by atoms with E-state index in [0.717, 1.165) is 19.5 Å². The second-order valence-electron chi connectivity index (χ2n) is 5.31. The standard InChI is InChI=1S/C13H23N4O.2H2/c1-5-14-7-6-8-15-12(18)11-9-16-17(10-11)13(2,3)4;;/h9-10,14H,5-8H2,1-4H3;2*1H/p+1. The van der Waals surface area contributed by atoms with Crippen LogP contribution in [0.5, 0.6) is 0 Å². The first-order valence-electron chi connectivity index (χ1n) is 6.49. The van der Waals surface area contributed by atoms with Crippen LogP contribution in [0.2, 0.25) is 0 Å². The molecule has 0 aliphatic carbocycles. The van der Waals surface area contributed by atoms with E-state index in [4.69, 9.17) is 0 Å². The summed E-state index contributed by atoms with van der Waals surface area (Å²) in [4.78, 5) is 11.8. The lowest BCUT2D eigenvalue weighted by molar-refractivity contribution is -0.591. The van der Waals surface area contributed by atoms with Gasteiger partial charge in [0.05, 0.1) is 0 Å². The van der Waals surface area contributed by atoms with Gasteiger partial charge in [0.15, 0.2) is 12.1 Å². The monoisotopic (exact) mass is 256 g/mol. The van der Waals surface area contributed by atoms with Crippen molar-refractivity contribution in [3.63, 3.8) is 0 Å². The van der Waals surface area contributed by atoms with Gasteiger partial charge in [0, 0.05) is 30.2 Å². The highest BCUT2D eigenvalue weighted by atomic mass is 16.1. The lowest BCUT2D eigenvalue weighted by Crippen LogP contribution is -2.29. The van der Waals surface area contributed by atoms with Gasteiger partial charge in [-0.2, -0.15) is 0 Å². The maximum Gasteiger partial charge on any atom is 0.255 e. The molecule has 1 rings (SSSR count). The van der Waals surface area contributed by atoms with Crippen LogP contribution in [0.25, 0.3) is 0 Å². The van der Waals surface area contributed by atoms with E-state index < -0.39 is 0 Å². The third-order valence-electron chi connectivity index (χ3n) is 2.60. The number of rotatable bonds is 6. The molecule has 0 aromatic rings.